The number of fused-ring (bicyclic) bond motifs is 3. The summed E-state index contributed by atoms with van der Waals surface area (Å²) < 4.78 is 23.4. The van der Waals surface area contributed by atoms with Crippen LogP contribution in [0.3, 0.4) is 0 Å². The van der Waals surface area contributed by atoms with Gasteiger partial charge in [0.25, 0.3) is 0 Å². The lowest BCUT2D eigenvalue weighted by atomic mass is 9.46. The summed E-state index contributed by atoms with van der Waals surface area (Å²) in [6.45, 7) is 16.0. The zero-order valence-electron chi connectivity index (χ0n) is 21.6. The van der Waals surface area contributed by atoms with Crippen molar-refractivity contribution in [1.82, 2.24) is 0 Å². The second-order valence-corrected chi connectivity index (χ2v) is 11.7. The normalized spacial score (nSPS) is 40.4. The molecule has 2 saturated heterocycles. The lowest BCUT2D eigenvalue weighted by Crippen LogP contribution is -2.62. The Labute approximate surface area is 204 Å². The van der Waals surface area contributed by atoms with Crippen molar-refractivity contribution in [2.24, 2.45) is 22.7 Å². The maximum atomic E-state index is 12.5. The van der Waals surface area contributed by atoms with Gasteiger partial charge in [-0.25, -0.2) is 4.79 Å². The number of unbranched alkanes of at least 4 members (excludes halogenated alkanes) is 1. The average molecular weight is 475 g/mol. The molecule has 2 heterocycles. The van der Waals surface area contributed by atoms with Gasteiger partial charge in [-0.2, -0.15) is 0 Å². The van der Waals surface area contributed by atoms with Crippen LogP contribution in [-0.2, 0) is 28.5 Å². The van der Waals surface area contributed by atoms with Crippen LogP contribution in [0, 0.1) is 22.7 Å². The van der Waals surface area contributed by atoms with E-state index in [-0.39, 0.29) is 41.4 Å². The van der Waals surface area contributed by atoms with Gasteiger partial charge in [0.15, 0.2) is 11.9 Å². The molecule has 6 nitrogen and oxygen atoms in total. The number of allylic oxidation sites excluding steroid dienone is 2. The van der Waals surface area contributed by atoms with E-state index >= 15 is 0 Å². The first-order chi connectivity index (χ1) is 16.0. The van der Waals surface area contributed by atoms with Gasteiger partial charge in [-0.05, 0) is 69.6 Å². The van der Waals surface area contributed by atoms with Gasteiger partial charge < -0.3 is 18.9 Å². The second-order valence-electron chi connectivity index (χ2n) is 11.7. The predicted molar refractivity (Wildman–Crippen MR) is 129 cm³/mol. The fourth-order valence-electron chi connectivity index (χ4n) is 7.05. The Balaban J connectivity index is 1.52. The fraction of sp³-hybridized carbons (Fsp3) is 0.786. The number of hydrogen-bond acceptors (Lipinski definition) is 6. The van der Waals surface area contributed by atoms with E-state index in [0.29, 0.717) is 30.9 Å². The minimum atomic E-state index is -0.604. The van der Waals surface area contributed by atoms with E-state index in [0.717, 1.165) is 38.5 Å². The highest BCUT2D eigenvalue weighted by Crippen LogP contribution is 2.63. The van der Waals surface area contributed by atoms with Crippen LogP contribution in [-0.4, -0.2) is 43.1 Å². The van der Waals surface area contributed by atoms with Crippen LogP contribution in [0.2, 0.25) is 0 Å². The Bertz CT molecular complexity index is 859. The predicted octanol–water partition coefficient (Wildman–Crippen LogP) is 5.50. The van der Waals surface area contributed by atoms with Gasteiger partial charge >= 0.3 is 11.9 Å². The molecule has 4 fully saturated rings. The van der Waals surface area contributed by atoms with E-state index in [1.165, 1.54) is 5.57 Å². The molecule has 0 amide bonds. The molecule has 2 aliphatic heterocycles. The van der Waals surface area contributed by atoms with Crippen molar-refractivity contribution in [3.8, 4) is 0 Å². The fourth-order valence-corrected chi connectivity index (χ4v) is 7.05. The summed E-state index contributed by atoms with van der Waals surface area (Å²) >= 11 is 0. The minimum absolute atomic E-state index is 0.0433. The monoisotopic (exact) mass is 474 g/mol. The number of carbonyl (C=O) groups is 2. The maximum absolute atomic E-state index is 12.5. The topological polar surface area (TPSA) is 71.1 Å². The largest absolute Gasteiger partial charge is 0.458 e. The van der Waals surface area contributed by atoms with Crippen molar-refractivity contribution in [3.63, 3.8) is 0 Å². The van der Waals surface area contributed by atoms with E-state index in [1.807, 2.05) is 26.8 Å². The molecule has 4 rings (SSSR count). The van der Waals surface area contributed by atoms with Crippen LogP contribution in [0.25, 0.3) is 0 Å². The molecule has 0 aromatic heterocycles. The molecule has 2 saturated carbocycles. The number of hydrogen-bond donors (Lipinski definition) is 0. The molecular formula is C28H42O6. The van der Waals surface area contributed by atoms with E-state index in [4.69, 9.17) is 18.9 Å². The van der Waals surface area contributed by atoms with Crippen molar-refractivity contribution in [1.29, 1.82) is 0 Å². The highest BCUT2D eigenvalue weighted by Gasteiger charge is 2.60. The Morgan fingerprint density at radius 2 is 1.97 bits per heavy atom. The van der Waals surface area contributed by atoms with E-state index in [9.17, 15) is 9.59 Å². The third kappa shape index (κ3) is 4.60. The Kier molecular flexibility index (Phi) is 7.05. The first-order valence-electron chi connectivity index (χ1n) is 13.1. The van der Waals surface area contributed by atoms with Crippen LogP contribution >= 0.6 is 0 Å². The van der Waals surface area contributed by atoms with Crippen LogP contribution in [0.15, 0.2) is 23.8 Å². The molecule has 0 N–H and O–H groups in total. The summed E-state index contributed by atoms with van der Waals surface area (Å²) in [7, 11) is 0. The Hall–Kier alpha value is -1.66. The SMILES string of the molecule is C=C1CC[C@@H]2[C@]3(C)COC(C)(C)O[C@@H]3CC[C@@]2(C)[C@@H]1C/C=C1/C(=O)OC[C@H]1OC(=O)CCCC. The highest BCUT2D eigenvalue weighted by molar-refractivity contribution is 5.92. The summed E-state index contributed by atoms with van der Waals surface area (Å²) in [6, 6.07) is 0. The zero-order valence-corrected chi connectivity index (χ0v) is 21.6. The number of esters is 2. The first-order valence-corrected chi connectivity index (χ1v) is 13.1. The molecule has 190 valence electrons. The van der Waals surface area contributed by atoms with Crippen molar-refractivity contribution in [2.75, 3.05) is 13.2 Å². The summed E-state index contributed by atoms with van der Waals surface area (Å²) in [6.07, 6.45) is 8.44. The molecule has 2 aliphatic carbocycles. The molecule has 0 unspecified atom stereocenters. The van der Waals surface area contributed by atoms with Crippen molar-refractivity contribution >= 4 is 11.9 Å². The van der Waals surface area contributed by atoms with Gasteiger partial charge in [-0.3, -0.25) is 4.79 Å². The molecule has 34 heavy (non-hydrogen) atoms. The van der Waals surface area contributed by atoms with Crippen LogP contribution in [0.1, 0.15) is 86.0 Å². The number of rotatable bonds is 6. The number of cyclic esters (lactones) is 1. The van der Waals surface area contributed by atoms with E-state index < -0.39 is 11.9 Å². The van der Waals surface area contributed by atoms with Gasteiger partial charge in [0, 0.05) is 11.8 Å². The van der Waals surface area contributed by atoms with Crippen molar-refractivity contribution < 1.29 is 28.5 Å². The van der Waals surface area contributed by atoms with Crippen molar-refractivity contribution in [2.45, 2.75) is 104 Å². The molecule has 6 heteroatoms. The van der Waals surface area contributed by atoms with Gasteiger partial charge in [-0.1, -0.05) is 45.4 Å². The molecule has 0 bridgehead atoms. The highest BCUT2D eigenvalue weighted by atomic mass is 16.7. The van der Waals surface area contributed by atoms with Gasteiger partial charge in [-0.15, -0.1) is 0 Å². The third-order valence-electron chi connectivity index (χ3n) is 9.00. The molecule has 4 aliphatic rings. The lowest BCUT2D eigenvalue weighted by Gasteiger charge is -2.63. The lowest BCUT2D eigenvalue weighted by molar-refractivity contribution is -0.344. The molecular weight excluding hydrogens is 432 g/mol. The average Bonchev–Trinajstić information content (AvgIpc) is 3.11. The van der Waals surface area contributed by atoms with Crippen LogP contribution in [0.5, 0.6) is 0 Å². The quantitative estimate of drug-likeness (QED) is 0.287. The molecule has 0 spiro atoms. The number of ether oxygens (including phenoxy) is 4. The molecule has 0 radical (unpaired) electrons. The van der Waals surface area contributed by atoms with E-state index in [2.05, 4.69) is 20.4 Å². The summed E-state index contributed by atoms with van der Waals surface area (Å²) in [5.74, 6) is -0.481. The zero-order chi connectivity index (χ0) is 24.7. The van der Waals surface area contributed by atoms with Gasteiger partial charge in [0.05, 0.1) is 18.3 Å². The van der Waals surface area contributed by atoms with Gasteiger partial charge in [0.1, 0.15) is 6.61 Å². The smallest absolute Gasteiger partial charge is 0.337 e. The standard InChI is InChI=1S/C28H42O6/c1-7-8-9-24(29)33-21-16-31-25(30)19(21)11-12-20-18(2)10-13-22-27(20,5)15-14-23-28(22,6)17-32-26(3,4)34-23/h11,20-23H,2,7-10,12-17H2,1,3-6H3/b19-11+/t20-,21-,22+,23-,27+,28+/m1/s1. The second kappa shape index (κ2) is 9.42. The molecule has 6 atom stereocenters. The Morgan fingerprint density at radius 1 is 1.21 bits per heavy atom. The summed E-state index contributed by atoms with van der Waals surface area (Å²) in [5, 5.41) is 0. The Morgan fingerprint density at radius 3 is 2.71 bits per heavy atom. The maximum Gasteiger partial charge on any atom is 0.337 e. The third-order valence-corrected chi connectivity index (χ3v) is 9.00. The van der Waals surface area contributed by atoms with Crippen molar-refractivity contribution in [3.05, 3.63) is 23.8 Å². The van der Waals surface area contributed by atoms with E-state index in [1.54, 1.807) is 0 Å². The molecule has 0 aromatic carbocycles. The molecule has 0 aromatic rings. The van der Waals surface area contributed by atoms with Crippen LogP contribution in [0.4, 0.5) is 0 Å². The number of carbonyl (C=O) groups excluding carboxylic acids is 2. The first kappa shape index (κ1) is 25.4. The van der Waals surface area contributed by atoms with Crippen LogP contribution < -0.4 is 0 Å². The summed E-state index contributed by atoms with van der Waals surface area (Å²) in [4.78, 5) is 24.6. The minimum Gasteiger partial charge on any atom is -0.458 e. The summed E-state index contributed by atoms with van der Waals surface area (Å²) in [5.41, 5.74) is 1.73. The van der Waals surface area contributed by atoms with Gasteiger partial charge in [0.2, 0.25) is 0 Å².